The molecular weight excluding hydrogens is 354 g/mol. The number of anilines is 2. The molecule has 0 fully saturated rings. The second-order valence-corrected chi connectivity index (χ2v) is 7.34. The van der Waals surface area contributed by atoms with Crippen molar-refractivity contribution in [3.8, 4) is 11.4 Å². The van der Waals surface area contributed by atoms with Crippen LogP contribution in [0.1, 0.15) is 6.92 Å². The van der Waals surface area contributed by atoms with Gasteiger partial charge in [-0.2, -0.15) is 0 Å². The molecule has 134 valence electrons. The number of aromatic nitrogens is 3. The summed E-state index contributed by atoms with van der Waals surface area (Å²) in [6.45, 7) is 1.39. The summed E-state index contributed by atoms with van der Waals surface area (Å²) < 4.78 is 29.3. The van der Waals surface area contributed by atoms with Crippen molar-refractivity contribution in [3.05, 3.63) is 54.9 Å². The van der Waals surface area contributed by atoms with E-state index in [1.807, 2.05) is 7.05 Å². The fraction of sp³-hybridized carbons (Fsp3) is 0.118. The molecule has 0 aliphatic heterocycles. The molecule has 0 radical (unpaired) electrons. The van der Waals surface area contributed by atoms with Crippen molar-refractivity contribution in [3.63, 3.8) is 0 Å². The summed E-state index contributed by atoms with van der Waals surface area (Å²) in [5.41, 5.74) is 1.79. The van der Waals surface area contributed by atoms with Gasteiger partial charge in [0, 0.05) is 30.9 Å². The summed E-state index contributed by atoms with van der Waals surface area (Å²) in [5, 5.41) is 10.4. The zero-order valence-electron chi connectivity index (χ0n) is 14.2. The number of rotatable bonds is 5. The molecule has 1 aromatic heterocycles. The number of benzene rings is 2. The summed E-state index contributed by atoms with van der Waals surface area (Å²) in [4.78, 5) is 11.1. The number of hydrogen-bond donors (Lipinski definition) is 2. The van der Waals surface area contributed by atoms with Gasteiger partial charge in [0.05, 0.1) is 4.90 Å². The van der Waals surface area contributed by atoms with Crippen LogP contribution in [0.5, 0.6) is 0 Å². The second kappa shape index (κ2) is 6.96. The summed E-state index contributed by atoms with van der Waals surface area (Å²) in [5.74, 6) is 0.467. The summed E-state index contributed by atoms with van der Waals surface area (Å²) >= 11 is 0. The van der Waals surface area contributed by atoms with Crippen molar-refractivity contribution < 1.29 is 13.2 Å². The number of carbonyl (C=O) groups is 1. The molecule has 1 amide bonds. The van der Waals surface area contributed by atoms with Crippen LogP contribution in [0, 0.1) is 0 Å². The molecule has 0 aliphatic carbocycles. The summed E-state index contributed by atoms with van der Waals surface area (Å²) in [6.07, 6.45) is 1.59. The highest BCUT2D eigenvalue weighted by molar-refractivity contribution is 7.92. The van der Waals surface area contributed by atoms with Gasteiger partial charge in [0.15, 0.2) is 5.82 Å². The quantitative estimate of drug-likeness (QED) is 0.715. The standard InChI is InChI=1S/C17H17N5O3S/c1-12(23)19-14-7-9-16(10-8-14)26(24,25)21-15-5-3-13(4-6-15)17-20-18-11-22(17)2/h3-11,21H,1-2H3,(H,19,23). The first-order chi connectivity index (χ1) is 12.3. The van der Waals surface area contributed by atoms with Crippen molar-refractivity contribution in [2.75, 3.05) is 10.0 Å². The molecule has 0 aliphatic rings. The van der Waals surface area contributed by atoms with Crippen LogP contribution < -0.4 is 10.0 Å². The third-order valence-electron chi connectivity index (χ3n) is 3.59. The molecule has 0 saturated heterocycles. The van der Waals surface area contributed by atoms with Gasteiger partial charge in [0.25, 0.3) is 10.0 Å². The van der Waals surface area contributed by atoms with Crippen LogP contribution in [0.15, 0.2) is 59.8 Å². The van der Waals surface area contributed by atoms with Gasteiger partial charge in [-0.3, -0.25) is 9.52 Å². The largest absolute Gasteiger partial charge is 0.326 e. The minimum atomic E-state index is -3.73. The first kappa shape index (κ1) is 17.6. The van der Waals surface area contributed by atoms with Gasteiger partial charge in [0.1, 0.15) is 6.33 Å². The third-order valence-corrected chi connectivity index (χ3v) is 4.99. The normalized spacial score (nSPS) is 11.2. The Labute approximate surface area is 150 Å². The number of amides is 1. The Morgan fingerprint density at radius 2 is 1.62 bits per heavy atom. The van der Waals surface area contributed by atoms with E-state index in [0.29, 0.717) is 17.2 Å². The maximum absolute atomic E-state index is 12.5. The minimum absolute atomic E-state index is 0.101. The maximum Gasteiger partial charge on any atom is 0.261 e. The van der Waals surface area contributed by atoms with Crippen LogP contribution in [-0.2, 0) is 21.9 Å². The van der Waals surface area contributed by atoms with E-state index < -0.39 is 10.0 Å². The van der Waals surface area contributed by atoms with Crippen LogP contribution >= 0.6 is 0 Å². The molecule has 9 heteroatoms. The number of nitrogens with zero attached hydrogens (tertiary/aromatic N) is 3. The predicted octanol–water partition coefficient (Wildman–Crippen LogP) is 2.24. The molecule has 0 atom stereocenters. The molecule has 1 heterocycles. The molecule has 0 unspecified atom stereocenters. The smallest absolute Gasteiger partial charge is 0.261 e. The van der Waals surface area contributed by atoms with E-state index in [1.54, 1.807) is 35.2 Å². The summed E-state index contributed by atoms with van der Waals surface area (Å²) in [6, 6.07) is 12.8. The lowest BCUT2D eigenvalue weighted by Gasteiger charge is -2.10. The van der Waals surface area contributed by atoms with E-state index in [1.165, 1.54) is 31.2 Å². The lowest BCUT2D eigenvalue weighted by atomic mass is 10.2. The van der Waals surface area contributed by atoms with Gasteiger partial charge in [-0.05, 0) is 48.5 Å². The topological polar surface area (TPSA) is 106 Å². The zero-order chi connectivity index (χ0) is 18.7. The molecule has 2 aromatic carbocycles. The number of hydrogen-bond acceptors (Lipinski definition) is 5. The highest BCUT2D eigenvalue weighted by atomic mass is 32.2. The van der Waals surface area contributed by atoms with Gasteiger partial charge in [-0.25, -0.2) is 8.42 Å². The molecule has 0 bridgehead atoms. The number of aryl methyl sites for hydroxylation is 1. The fourth-order valence-corrected chi connectivity index (χ4v) is 3.43. The summed E-state index contributed by atoms with van der Waals surface area (Å²) in [7, 11) is -1.90. The van der Waals surface area contributed by atoms with Crippen molar-refractivity contribution in [2.24, 2.45) is 7.05 Å². The Bertz CT molecular complexity index is 1030. The van der Waals surface area contributed by atoms with Crippen molar-refractivity contribution >= 4 is 27.3 Å². The molecular formula is C17H17N5O3S. The maximum atomic E-state index is 12.5. The number of nitrogens with one attached hydrogen (secondary N) is 2. The predicted molar refractivity (Wildman–Crippen MR) is 98.0 cm³/mol. The van der Waals surface area contributed by atoms with Gasteiger partial charge >= 0.3 is 0 Å². The van der Waals surface area contributed by atoms with E-state index in [0.717, 1.165) is 5.56 Å². The highest BCUT2D eigenvalue weighted by Crippen LogP contribution is 2.22. The third kappa shape index (κ3) is 3.89. The van der Waals surface area contributed by atoms with Crippen LogP contribution in [-0.4, -0.2) is 29.1 Å². The van der Waals surface area contributed by atoms with E-state index in [9.17, 15) is 13.2 Å². The molecule has 3 aromatic rings. The monoisotopic (exact) mass is 371 g/mol. The van der Waals surface area contributed by atoms with Crippen molar-refractivity contribution in [1.82, 2.24) is 14.8 Å². The second-order valence-electron chi connectivity index (χ2n) is 5.65. The minimum Gasteiger partial charge on any atom is -0.326 e. The SMILES string of the molecule is CC(=O)Nc1ccc(S(=O)(=O)Nc2ccc(-c3nncn3C)cc2)cc1. The Morgan fingerprint density at radius 3 is 2.15 bits per heavy atom. The average Bonchev–Trinajstić information content (AvgIpc) is 3.01. The van der Waals surface area contributed by atoms with Crippen molar-refractivity contribution in [1.29, 1.82) is 0 Å². The van der Waals surface area contributed by atoms with E-state index >= 15 is 0 Å². The fourth-order valence-electron chi connectivity index (χ4n) is 2.37. The van der Waals surface area contributed by atoms with Crippen molar-refractivity contribution in [2.45, 2.75) is 11.8 Å². The molecule has 26 heavy (non-hydrogen) atoms. The lowest BCUT2D eigenvalue weighted by Crippen LogP contribution is -2.13. The Morgan fingerprint density at radius 1 is 1.00 bits per heavy atom. The highest BCUT2D eigenvalue weighted by Gasteiger charge is 2.14. The van der Waals surface area contributed by atoms with Gasteiger partial charge in [0.2, 0.25) is 5.91 Å². The zero-order valence-corrected chi connectivity index (χ0v) is 15.0. The molecule has 8 nitrogen and oxygen atoms in total. The van der Waals surface area contributed by atoms with Crippen LogP contribution in [0.3, 0.4) is 0 Å². The van der Waals surface area contributed by atoms with E-state index in [4.69, 9.17) is 0 Å². The Kier molecular flexibility index (Phi) is 4.72. The molecule has 3 rings (SSSR count). The number of carbonyl (C=O) groups excluding carboxylic acids is 1. The first-order valence-corrected chi connectivity index (χ1v) is 9.18. The lowest BCUT2D eigenvalue weighted by molar-refractivity contribution is -0.114. The molecule has 0 saturated carbocycles. The van der Waals surface area contributed by atoms with Gasteiger partial charge in [-0.1, -0.05) is 0 Å². The van der Waals surface area contributed by atoms with E-state index in [2.05, 4.69) is 20.2 Å². The Balaban J connectivity index is 1.77. The first-order valence-electron chi connectivity index (χ1n) is 7.70. The Hall–Kier alpha value is -3.20. The average molecular weight is 371 g/mol. The van der Waals surface area contributed by atoms with Crippen LogP contribution in [0.4, 0.5) is 11.4 Å². The van der Waals surface area contributed by atoms with Crippen LogP contribution in [0.2, 0.25) is 0 Å². The molecule has 2 N–H and O–H groups in total. The van der Waals surface area contributed by atoms with Gasteiger partial charge < -0.3 is 9.88 Å². The van der Waals surface area contributed by atoms with Gasteiger partial charge in [-0.15, -0.1) is 10.2 Å². The number of sulfonamides is 1. The van der Waals surface area contributed by atoms with Crippen LogP contribution in [0.25, 0.3) is 11.4 Å². The van der Waals surface area contributed by atoms with E-state index in [-0.39, 0.29) is 10.8 Å². The molecule has 0 spiro atoms.